The molecule has 0 aliphatic carbocycles. The first-order chi connectivity index (χ1) is 16.0. The van der Waals surface area contributed by atoms with Crippen LogP contribution in [-0.2, 0) is 23.9 Å². The third-order valence-electron chi connectivity index (χ3n) is 7.15. The van der Waals surface area contributed by atoms with Crippen LogP contribution < -0.4 is 0 Å². The lowest BCUT2D eigenvalue weighted by Crippen LogP contribution is -2.56. The Bertz CT molecular complexity index is 755. The molecule has 2 amide bonds. The molecule has 0 saturated carbocycles. The molecule has 3 saturated heterocycles. The third kappa shape index (κ3) is 4.73. The molecule has 8 heteroatoms. The van der Waals surface area contributed by atoms with Crippen LogP contribution in [0.4, 0.5) is 0 Å². The van der Waals surface area contributed by atoms with Gasteiger partial charge in [0.15, 0.2) is 0 Å². The summed E-state index contributed by atoms with van der Waals surface area (Å²) in [6, 6.07) is -0.780. The Labute approximate surface area is 196 Å². The second-order valence-corrected chi connectivity index (χ2v) is 9.22. The van der Waals surface area contributed by atoms with Gasteiger partial charge in [-0.1, -0.05) is 38.5 Å². The molecule has 3 rings (SSSR count). The van der Waals surface area contributed by atoms with Crippen molar-refractivity contribution in [2.24, 2.45) is 11.8 Å². The SMILES string of the molecule is C=CCOC(=O)[C@@H]1[C@@H]2CCC3(O2)C(C(=O)N(CC=C)CCCCC)N(CCCCO)C(=O)[C@H]13. The average molecular weight is 463 g/mol. The Kier molecular flexibility index (Phi) is 8.70. The number of aliphatic hydroxyl groups is 1. The minimum atomic E-state index is -1.01. The lowest BCUT2D eigenvalue weighted by Gasteiger charge is -2.36. The summed E-state index contributed by atoms with van der Waals surface area (Å²) in [6.07, 6.45) is 7.97. The minimum Gasteiger partial charge on any atom is -0.461 e. The molecule has 2 bridgehead atoms. The minimum absolute atomic E-state index is 0.0178. The van der Waals surface area contributed by atoms with E-state index in [1.807, 2.05) is 0 Å². The first kappa shape index (κ1) is 25.4. The van der Waals surface area contributed by atoms with Crippen molar-refractivity contribution in [1.82, 2.24) is 9.80 Å². The first-order valence-corrected chi connectivity index (χ1v) is 12.2. The molecule has 0 aromatic carbocycles. The summed E-state index contributed by atoms with van der Waals surface area (Å²) >= 11 is 0. The van der Waals surface area contributed by atoms with E-state index in [-0.39, 0.29) is 25.0 Å². The molecule has 1 N–H and O–H groups in total. The maximum atomic E-state index is 13.9. The highest BCUT2D eigenvalue weighted by atomic mass is 16.6. The number of rotatable bonds is 14. The molecule has 8 nitrogen and oxygen atoms in total. The molecule has 0 aromatic rings. The Morgan fingerprint density at radius 2 is 2.06 bits per heavy atom. The van der Waals surface area contributed by atoms with Crippen LogP contribution in [0.5, 0.6) is 0 Å². The molecule has 3 heterocycles. The van der Waals surface area contributed by atoms with Gasteiger partial charge in [-0.3, -0.25) is 14.4 Å². The second-order valence-electron chi connectivity index (χ2n) is 9.22. The number of esters is 1. The standard InChI is InChI=1S/C25H38N2O6/c1-4-7-8-14-26(13-5-2)23(30)21-25-12-11-18(33-25)19(24(31)32-17-6-3)20(25)22(29)27(21)15-9-10-16-28/h5-6,18-21,28H,2-4,7-17H2,1H3/t18-,19+,20-,21?,25?/m0/s1. The average Bonchev–Trinajstić information content (AvgIpc) is 3.44. The van der Waals surface area contributed by atoms with E-state index in [0.717, 1.165) is 19.3 Å². The number of amides is 2. The Morgan fingerprint density at radius 3 is 2.73 bits per heavy atom. The van der Waals surface area contributed by atoms with Gasteiger partial charge in [-0.2, -0.15) is 0 Å². The van der Waals surface area contributed by atoms with E-state index in [4.69, 9.17) is 9.47 Å². The Hall–Kier alpha value is -2.19. The fourth-order valence-electron chi connectivity index (χ4n) is 5.74. The highest BCUT2D eigenvalue weighted by molar-refractivity contribution is 5.98. The summed E-state index contributed by atoms with van der Waals surface area (Å²) in [5, 5.41) is 9.24. The number of ether oxygens (including phenoxy) is 2. The Balaban J connectivity index is 1.93. The maximum Gasteiger partial charge on any atom is 0.312 e. The van der Waals surface area contributed by atoms with E-state index in [1.165, 1.54) is 6.08 Å². The number of likely N-dealkylation sites (tertiary alicyclic amines) is 1. The van der Waals surface area contributed by atoms with E-state index >= 15 is 0 Å². The molecule has 2 unspecified atom stereocenters. The molecule has 5 atom stereocenters. The van der Waals surface area contributed by atoms with Crippen LogP contribution in [-0.4, -0.2) is 83.3 Å². The van der Waals surface area contributed by atoms with Gasteiger partial charge < -0.3 is 24.4 Å². The van der Waals surface area contributed by atoms with Crippen molar-refractivity contribution >= 4 is 17.8 Å². The summed E-state index contributed by atoms with van der Waals surface area (Å²) in [5.41, 5.74) is -1.01. The van der Waals surface area contributed by atoms with E-state index in [0.29, 0.717) is 45.3 Å². The second kappa shape index (κ2) is 11.3. The maximum absolute atomic E-state index is 13.9. The van der Waals surface area contributed by atoms with Gasteiger partial charge in [-0.25, -0.2) is 0 Å². The molecule has 3 fully saturated rings. The smallest absolute Gasteiger partial charge is 0.312 e. The first-order valence-electron chi connectivity index (χ1n) is 12.2. The number of hydrogen-bond acceptors (Lipinski definition) is 6. The van der Waals surface area contributed by atoms with Gasteiger partial charge in [-0.15, -0.1) is 6.58 Å². The number of carbonyl (C=O) groups is 3. The molecular weight excluding hydrogens is 424 g/mol. The number of unbranched alkanes of at least 4 members (excludes halogenated alkanes) is 3. The highest BCUT2D eigenvalue weighted by Gasteiger charge is 2.74. The summed E-state index contributed by atoms with van der Waals surface area (Å²) < 4.78 is 11.7. The lowest BCUT2D eigenvalue weighted by atomic mass is 9.70. The number of nitrogens with zero attached hydrogens (tertiary/aromatic N) is 2. The van der Waals surface area contributed by atoms with Gasteiger partial charge in [0, 0.05) is 26.2 Å². The number of aliphatic hydroxyl groups excluding tert-OH is 1. The summed E-state index contributed by atoms with van der Waals surface area (Å²) in [7, 11) is 0. The zero-order chi connectivity index (χ0) is 24.0. The van der Waals surface area contributed by atoms with Crippen molar-refractivity contribution < 1.29 is 29.0 Å². The van der Waals surface area contributed by atoms with Crippen molar-refractivity contribution in [2.45, 2.75) is 69.6 Å². The molecule has 0 radical (unpaired) electrons. The van der Waals surface area contributed by atoms with Gasteiger partial charge in [0.05, 0.1) is 17.9 Å². The van der Waals surface area contributed by atoms with Crippen molar-refractivity contribution in [3.63, 3.8) is 0 Å². The van der Waals surface area contributed by atoms with Crippen molar-refractivity contribution in [1.29, 1.82) is 0 Å². The molecule has 184 valence electrons. The summed E-state index contributed by atoms with van der Waals surface area (Å²) in [5.74, 6) is -2.27. The van der Waals surface area contributed by atoms with Gasteiger partial charge in [0.25, 0.3) is 0 Å². The van der Waals surface area contributed by atoms with Crippen LogP contribution in [0.3, 0.4) is 0 Å². The normalized spacial score (nSPS) is 29.8. The molecular formula is C25H38N2O6. The fraction of sp³-hybridized carbons (Fsp3) is 0.720. The molecule has 0 aromatic heterocycles. The zero-order valence-corrected chi connectivity index (χ0v) is 19.7. The molecule has 3 aliphatic rings. The van der Waals surface area contributed by atoms with Crippen LogP contribution in [0.2, 0.25) is 0 Å². The van der Waals surface area contributed by atoms with E-state index < -0.39 is 35.6 Å². The lowest BCUT2D eigenvalue weighted by molar-refractivity contribution is -0.154. The predicted octanol–water partition coefficient (Wildman–Crippen LogP) is 2.07. The van der Waals surface area contributed by atoms with E-state index in [9.17, 15) is 19.5 Å². The zero-order valence-electron chi connectivity index (χ0n) is 19.7. The Morgan fingerprint density at radius 1 is 1.27 bits per heavy atom. The quantitative estimate of drug-likeness (QED) is 0.241. The van der Waals surface area contributed by atoms with E-state index in [1.54, 1.807) is 15.9 Å². The topological polar surface area (TPSA) is 96.4 Å². The van der Waals surface area contributed by atoms with Crippen molar-refractivity contribution in [2.75, 3.05) is 32.8 Å². The van der Waals surface area contributed by atoms with E-state index in [2.05, 4.69) is 20.1 Å². The number of hydrogen-bond donors (Lipinski definition) is 1. The van der Waals surface area contributed by atoms with Crippen molar-refractivity contribution in [3.8, 4) is 0 Å². The molecule has 3 aliphatic heterocycles. The van der Waals surface area contributed by atoms with Crippen LogP contribution in [0.1, 0.15) is 51.9 Å². The van der Waals surface area contributed by atoms with Gasteiger partial charge >= 0.3 is 5.97 Å². The highest BCUT2D eigenvalue weighted by Crippen LogP contribution is 2.58. The van der Waals surface area contributed by atoms with Crippen LogP contribution >= 0.6 is 0 Å². The monoisotopic (exact) mass is 462 g/mol. The largest absolute Gasteiger partial charge is 0.461 e. The van der Waals surface area contributed by atoms with Gasteiger partial charge in [0.2, 0.25) is 11.8 Å². The summed E-state index contributed by atoms with van der Waals surface area (Å²) in [4.78, 5) is 43.8. The van der Waals surface area contributed by atoms with Crippen LogP contribution in [0, 0.1) is 11.8 Å². The molecule has 1 spiro atoms. The van der Waals surface area contributed by atoms with Crippen molar-refractivity contribution in [3.05, 3.63) is 25.3 Å². The summed E-state index contributed by atoms with van der Waals surface area (Å²) in [6.45, 7) is 10.9. The number of fused-ring (bicyclic) bond motifs is 1. The predicted molar refractivity (Wildman–Crippen MR) is 123 cm³/mol. The fourth-order valence-corrected chi connectivity index (χ4v) is 5.74. The van der Waals surface area contributed by atoms with Gasteiger partial charge in [-0.05, 0) is 32.1 Å². The van der Waals surface area contributed by atoms with Gasteiger partial charge in [0.1, 0.15) is 18.2 Å². The number of carbonyl (C=O) groups excluding carboxylic acids is 3. The van der Waals surface area contributed by atoms with Crippen LogP contribution in [0.25, 0.3) is 0 Å². The third-order valence-corrected chi connectivity index (χ3v) is 7.15. The van der Waals surface area contributed by atoms with Crippen LogP contribution in [0.15, 0.2) is 25.3 Å². The molecule has 33 heavy (non-hydrogen) atoms.